The highest BCUT2D eigenvalue weighted by atomic mass is 19.1. The molecule has 0 bridgehead atoms. The lowest BCUT2D eigenvalue weighted by Crippen LogP contribution is -2.08. The Balaban J connectivity index is 2.52. The van der Waals surface area contributed by atoms with Crippen LogP contribution in [0.4, 0.5) is 4.39 Å². The molecule has 0 saturated heterocycles. The molecule has 0 aliphatic carbocycles. The average Bonchev–Trinajstić information content (AvgIpc) is 2.40. The number of rotatable bonds is 3. The van der Waals surface area contributed by atoms with Gasteiger partial charge in [0.2, 0.25) is 0 Å². The molecule has 0 unspecified atom stereocenters. The molecule has 18 heavy (non-hydrogen) atoms. The van der Waals surface area contributed by atoms with E-state index < -0.39 is 11.8 Å². The Bertz CT molecular complexity index is 572. The lowest BCUT2D eigenvalue weighted by Gasteiger charge is -2.07. The Morgan fingerprint density at radius 3 is 2.89 bits per heavy atom. The van der Waals surface area contributed by atoms with Gasteiger partial charge in [0, 0.05) is 11.8 Å². The van der Waals surface area contributed by atoms with Gasteiger partial charge < -0.3 is 4.74 Å². The van der Waals surface area contributed by atoms with Crippen molar-refractivity contribution < 1.29 is 13.9 Å². The minimum absolute atomic E-state index is 0.157. The smallest absolute Gasteiger partial charge is 0.341 e. The summed E-state index contributed by atoms with van der Waals surface area (Å²) in [6.07, 6.45) is 2.59. The van der Waals surface area contributed by atoms with Gasteiger partial charge in [-0.1, -0.05) is 12.1 Å². The first-order valence-electron chi connectivity index (χ1n) is 5.46. The highest BCUT2D eigenvalue weighted by Crippen LogP contribution is 2.23. The van der Waals surface area contributed by atoms with E-state index in [0.29, 0.717) is 0 Å². The molecule has 2 rings (SSSR count). The molecule has 1 heterocycles. The highest BCUT2D eigenvalue weighted by Gasteiger charge is 2.17. The van der Waals surface area contributed by atoms with Crippen LogP contribution in [0.2, 0.25) is 0 Å². The summed E-state index contributed by atoms with van der Waals surface area (Å²) in [6, 6.07) is 6.12. The van der Waals surface area contributed by atoms with Gasteiger partial charge in [-0.2, -0.15) is 0 Å². The van der Waals surface area contributed by atoms with Gasteiger partial charge in [0.15, 0.2) is 0 Å². The molecule has 0 spiro atoms. The summed E-state index contributed by atoms with van der Waals surface area (Å²) in [6.45, 7) is 1.94. The fourth-order valence-corrected chi connectivity index (χ4v) is 1.56. The average molecular weight is 246 g/mol. The van der Waals surface area contributed by atoms with E-state index in [1.165, 1.54) is 18.6 Å². The molecule has 0 aliphatic rings. The lowest BCUT2D eigenvalue weighted by molar-refractivity contribution is 0.0526. The molecule has 0 atom stereocenters. The third-order valence-corrected chi connectivity index (χ3v) is 2.34. The van der Waals surface area contributed by atoms with Gasteiger partial charge in [0.25, 0.3) is 0 Å². The van der Waals surface area contributed by atoms with E-state index in [4.69, 9.17) is 4.74 Å². The first-order chi connectivity index (χ1) is 8.74. The van der Waals surface area contributed by atoms with Crippen molar-refractivity contribution in [1.82, 2.24) is 9.97 Å². The summed E-state index contributed by atoms with van der Waals surface area (Å²) in [4.78, 5) is 19.5. The fourth-order valence-electron chi connectivity index (χ4n) is 1.56. The molecule has 4 nitrogen and oxygen atoms in total. The van der Waals surface area contributed by atoms with Gasteiger partial charge in [-0.15, -0.1) is 0 Å². The molecule has 0 amide bonds. The molecule has 1 aromatic heterocycles. The van der Waals surface area contributed by atoms with Crippen LogP contribution < -0.4 is 0 Å². The van der Waals surface area contributed by atoms with Crippen LogP contribution in [0.25, 0.3) is 11.3 Å². The van der Waals surface area contributed by atoms with Crippen LogP contribution in [-0.4, -0.2) is 22.5 Å². The van der Waals surface area contributed by atoms with E-state index in [9.17, 15) is 9.18 Å². The van der Waals surface area contributed by atoms with Gasteiger partial charge >= 0.3 is 5.97 Å². The third kappa shape index (κ3) is 2.34. The molecule has 2 aromatic rings. The number of nitrogens with zero attached hydrogens (tertiary/aromatic N) is 2. The maximum absolute atomic E-state index is 13.7. The fraction of sp³-hybridized carbons (Fsp3) is 0.154. The number of hydrogen-bond acceptors (Lipinski definition) is 4. The van der Waals surface area contributed by atoms with Crippen molar-refractivity contribution in [3.63, 3.8) is 0 Å². The van der Waals surface area contributed by atoms with Gasteiger partial charge in [0.05, 0.1) is 12.3 Å². The minimum atomic E-state index is -0.559. The number of halogens is 1. The van der Waals surface area contributed by atoms with Crippen molar-refractivity contribution in [3.05, 3.63) is 48.2 Å². The number of benzene rings is 1. The van der Waals surface area contributed by atoms with Crippen molar-refractivity contribution in [2.24, 2.45) is 0 Å². The number of carbonyl (C=O) groups is 1. The normalized spacial score (nSPS) is 10.1. The first-order valence-corrected chi connectivity index (χ1v) is 5.46. The Morgan fingerprint density at radius 2 is 2.17 bits per heavy atom. The summed E-state index contributed by atoms with van der Waals surface area (Å²) in [5.74, 6) is -1.00. The Labute approximate surface area is 103 Å². The van der Waals surface area contributed by atoms with Crippen LogP contribution in [0.3, 0.4) is 0 Å². The molecule has 0 aliphatic heterocycles. The van der Waals surface area contributed by atoms with Crippen molar-refractivity contribution in [2.45, 2.75) is 6.92 Å². The monoisotopic (exact) mass is 246 g/mol. The van der Waals surface area contributed by atoms with Crippen LogP contribution in [0.15, 0.2) is 36.8 Å². The van der Waals surface area contributed by atoms with Crippen molar-refractivity contribution in [3.8, 4) is 11.3 Å². The predicted octanol–water partition coefficient (Wildman–Crippen LogP) is 2.46. The van der Waals surface area contributed by atoms with Crippen molar-refractivity contribution in [1.29, 1.82) is 0 Å². The predicted molar refractivity (Wildman–Crippen MR) is 63.4 cm³/mol. The zero-order chi connectivity index (χ0) is 13.0. The van der Waals surface area contributed by atoms with E-state index in [2.05, 4.69) is 9.97 Å². The summed E-state index contributed by atoms with van der Waals surface area (Å²) in [5.41, 5.74) is 0.647. The van der Waals surface area contributed by atoms with Gasteiger partial charge in [-0.3, -0.25) is 0 Å². The molecule has 5 heteroatoms. The summed E-state index contributed by atoms with van der Waals surface area (Å²) < 4.78 is 18.6. The second kappa shape index (κ2) is 5.35. The van der Waals surface area contributed by atoms with Crippen LogP contribution in [-0.2, 0) is 4.74 Å². The Morgan fingerprint density at radius 1 is 1.39 bits per heavy atom. The van der Waals surface area contributed by atoms with E-state index >= 15 is 0 Å². The second-order valence-electron chi connectivity index (χ2n) is 3.49. The summed E-state index contributed by atoms with van der Waals surface area (Å²) in [7, 11) is 0. The van der Waals surface area contributed by atoms with Crippen LogP contribution in [0.5, 0.6) is 0 Å². The molecular formula is C13H11FN2O2. The summed E-state index contributed by atoms with van der Waals surface area (Å²) in [5, 5.41) is 0. The zero-order valence-corrected chi connectivity index (χ0v) is 9.76. The SMILES string of the molecule is CCOC(=O)c1cncnc1-c1ccccc1F. The van der Waals surface area contributed by atoms with Crippen LogP contribution >= 0.6 is 0 Å². The van der Waals surface area contributed by atoms with E-state index in [1.807, 2.05) is 0 Å². The van der Waals surface area contributed by atoms with Crippen LogP contribution in [0, 0.1) is 5.82 Å². The first kappa shape index (κ1) is 12.2. The Kier molecular flexibility index (Phi) is 3.62. The molecule has 0 saturated carbocycles. The van der Waals surface area contributed by atoms with E-state index in [1.54, 1.807) is 25.1 Å². The second-order valence-corrected chi connectivity index (χ2v) is 3.49. The topological polar surface area (TPSA) is 52.1 Å². The highest BCUT2D eigenvalue weighted by molar-refractivity contribution is 5.95. The van der Waals surface area contributed by atoms with Crippen LogP contribution in [0.1, 0.15) is 17.3 Å². The maximum atomic E-state index is 13.7. The summed E-state index contributed by atoms with van der Waals surface area (Å²) >= 11 is 0. The number of esters is 1. The minimum Gasteiger partial charge on any atom is -0.462 e. The molecule has 0 radical (unpaired) electrons. The quantitative estimate of drug-likeness (QED) is 0.780. The number of carbonyl (C=O) groups excluding carboxylic acids is 1. The molecular weight excluding hydrogens is 235 g/mol. The van der Waals surface area contributed by atoms with Crippen molar-refractivity contribution >= 4 is 5.97 Å². The van der Waals surface area contributed by atoms with Gasteiger partial charge in [-0.05, 0) is 19.1 Å². The molecule has 0 fully saturated rings. The van der Waals surface area contributed by atoms with Crippen molar-refractivity contribution in [2.75, 3.05) is 6.61 Å². The number of hydrogen-bond donors (Lipinski definition) is 0. The Hall–Kier alpha value is -2.30. The van der Waals surface area contributed by atoms with Gasteiger partial charge in [-0.25, -0.2) is 19.2 Å². The largest absolute Gasteiger partial charge is 0.462 e. The maximum Gasteiger partial charge on any atom is 0.341 e. The number of ether oxygens (including phenoxy) is 1. The third-order valence-electron chi connectivity index (χ3n) is 2.34. The van der Waals surface area contributed by atoms with E-state index in [0.717, 1.165) is 0 Å². The standard InChI is InChI=1S/C13H11FN2O2/c1-2-18-13(17)10-7-15-8-16-12(10)9-5-3-4-6-11(9)14/h3-8H,2H2,1H3. The van der Waals surface area contributed by atoms with E-state index in [-0.39, 0.29) is 23.4 Å². The molecule has 92 valence electrons. The zero-order valence-electron chi connectivity index (χ0n) is 9.76. The van der Waals surface area contributed by atoms with Gasteiger partial charge in [0.1, 0.15) is 17.7 Å². The number of aromatic nitrogens is 2. The molecule has 1 aromatic carbocycles. The lowest BCUT2D eigenvalue weighted by atomic mass is 10.1. The molecule has 0 N–H and O–H groups in total.